The first-order chi connectivity index (χ1) is 2.64. The third-order valence-electron chi connectivity index (χ3n) is 0.454. The van der Waals surface area contributed by atoms with E-state index in [1.165, 1.54) is 0 Å². The molecule has 0 aliphatic rings. The Labute approximate surface area is 48.5 Å². The van der Waals surface area contributed by atoms with E-state index in [0.717, 1.165) is 0 Å². The molecule has 6 heavy (non-hydrogen) atoms. The Kier molecular flexibility index (Phi) is 2.70. The number of thiocarbonyl (C=S) groups is 1. The summed E-state index contributed by atoms with van der Waals surface area (Å²) < 4.78 is 0.565. The van der Waals surface area contributed by atoms with E-state index in [0.29, 0.717) is 10.2 Å². The molecule has 0 N–H and O–H groups in total. The smallest absolute Gasteiger partial charge is 0.0762 e. The van der Waals surface area contributed by atoms with Crippen LogP contribution in [-0.4, -0.2) is 4.32 Å². The summed E-state index contributed by atoms with van der Waals surface area (Å²) in [5.74, 6) is 0.349. The monoisotopic (exact) mass is 122 g/mol. The minimum Gasteiger partial charge on any atom is -0.0762 e. The van der Waals surface area contributed by atoms with Gasteiger partial charge >= 0.3 is 0 Å². The molecule has 0 aliphatic heterocycles. The minimum atomic E-state index is 0.349. The lowest BCUT2D eigenvalue weighted by Gasteiger charge is -1.92. The second-order valence-corrected chi connectivity index (χ2v) is 2.53. The third-order valence-corrected chi connectivity index (χ3v) is 1.36. The summed E-state index contributed by atoms with van der Waals surface area (Å²) in [6, 6.07) is 0. The van der Waals surface area contributed by atoms with Gasteiger partial charge in [0.25, 0.3) is 0 Å². The number of rotatable bonds is 1. The lowest BCUT2D eigenvalue weighted by Crippen LogP contribution is -1.91. The Morgan fingerprint density at radius 3 is 1.83 bits per heavy atom. The van der Waals surface area contributed by atoms with Crippen molar-refractivity contribution in [3.63, 3.8) is 0 Å². The molecule has 0 saturated carbocycles. The maximum atomic E-state index is 5.34. The van der Waals surface area contributed by atoms with E-state index in [2.05, 4.69) is 12.2 Å². The molecule has 0 aliphatic carbocycles. The van der Waals surface area contributed by atoms with Crippen LogP contribution in [0.5, 0.6) is 0 Å². The quantitative estimate of drug-likeness (QED) is 0.380. The van der Waals surface area contributed by atoms with Gasteiger partial charge in [0.15, 0.2) is 0 Å². The number of halogens is 1. The highest BCUT2D eigenvalue weighted by molar-refractivity contribution is 7.83. The van der Waals surface area contributed by atoms with E-state index in [1.807, 2.05) is 13.8 Å². The molecule has 0 nitrogen and oxygen atoms in total. The first-order valence-electron chi connectivity index (χ1n) is 1.84. The van der Waals surface area contributed by atoms with Gasteiger partial charge in [-0.25, -0.2) is 0 Å². The van der Waals surface area contributed by atoms with Gasteiger partial charge in [-0.1, -0.05) is 37.7 Å². The van der Waals surface area contributed by atoms with Crippen molar-refractivity contribution in [3.05, 3.63) is 0 Å². The van der Waals surface area contributed by atoms with Crippen molar-refractivity contribution in [2.24, 2.45) is 5.92 Å². The Hall–Kier alpha value is 0.380. The summed E-state index contributed by atoms with van der Waals surface area (Å²) in [5.41, 5.74) is 0. The van der Waals surface area contributed by atoms with E-state index in [1.54, 1.807) is 0 Å². The molecular formula is C4H7ClS. The molecule has 0 amide bonds. The van der Waals surface area contributed by atoms with Crippen LogP contribution >= 0.6 is 23.8 Å². The lowest BCUT2D eigenvalue weighted by molar-refractivity contribution is 0.914. The molecule has 0 saturated heterocycles. The molecular weight excluding hydrogens is 116 g/mol. The second kappa shape index (κ2) is 2.54. The van der Waals surface area contributed by atoms with Gasteiger partial charge < -0.3 is 0 Å². The Morgan fingerprint density at radius 1 is 1.67 bits per heavy atom. The molecule has 36 valence electrons. The fraction of sp³-hybridized carbons (Fsp3) is 0.750. The highest BCUT2D eigenvalue weighted by Crippen LogP contribution is 1.99. The first-order valence-corrected chi connectivity index (χ1v) is 2.62. The first kappa shape index (κ1) is 6.38. The van der Waals surface area contributed by atoms with Gasteiger partial charge in [-0.05, 0) is 5.92 Å². The molecule has 0 heterocycles. The van der Waals surface area contributed by atoms with Crippen molar-refractivity contribution in [1.82, 2.24) is 0 Å². The standard InChI is InChI=1S/C4H7ClS/c1-3(2)4(5)6/h3H,1-2H3. The van der Waals surface area contributed by atoms with Crippen LogP contribution in [0.15, 0.2) is 0 Å². The van der Waals surface area contributed by atoms with E-state index in [-0.39, 0.29) is 0 Å². The van der Waals surface area contributed by atoms with Gasteiger partial charge in [0.05, 0.1) is 4.32 Å². The zero-order chi connectivity index (χ0) is 5.15. The topological polar surface area (TPSA) is 0 Å². The zero-order valence-corrected chi connectivity index (χ0v) is 5.44. The Bertz CT molecular complexity index is 58.6. The van der Waals surface area contributed by atoms with Gasteiger partial charge in [-0.2, -0.15) is 0 Å². The summed E-state index contributed by atoms with van der Waals surface area (Å²) in [5, 5.41) is 0. The average Bonchev–Trinajstić information content (AvgIpc) is 1.36. The van der Waals surface area contributed by atoms with Gasteiger partial charge in [0.1, 0.15) is 0 Å². The minimum absolute atomic E-state index is 0.349. The molecule has 0 aromatic rings. The van der Waals surface area contributed by atoms with Crippen LogP contribution in [0.4, 0.5) is 0 Å². The van der Waals surface area contributed by atoms with Crippen molar-refractivity contribution in [2.45, 2.75) is 13.8 Å². The average molecular weight is 123 g/mol. The van der Waals surface area contributed by atoms with Crippen LogP contribution in [0.2, 0.25) is 0 Å². The summed E-state index contributed by atoms with van der Waals surface area (Å²) in [4.78, 5) is 0. The molecule has 0 fully saturated rings. The maximum absolute atomic E-state index is 5.34. The molecule has 0 aromatic heterocycles. The third kappa shape index (κ3) is 2.61. The van der Waals surface area contributed by atoms with Crippen LogP contribution in [0, 0.1) is 5.92 Å². The van der Waals surface area contributed by atoms with E-state index < -0.39 is 0 Å². The van der Waals surface area contributed by atoms with Gasteiger partial charge in [0.2, 0.25) is 0 Å². The van der Waals surface area contributed by atoms with Crippen molar-refractivity contribution in [1.29, 1.82) is 0 Å². The summed E-state index contributed by atoms with van der Waals surface area (Å²) in [6.07, 6.45) is 0. The van der Waals surface area contributed by atoms with Gasteiger partial charge in [-0.3, -0.25) is 0 Å². The molecule has 0 radical (unpaired) electrons. The van der Waals surface area contributed by atoms with Gasteiger partial charge in [-0.15, -0.1) is 0 Å². The fourth-order valence-electron chi connectivity index (χ4n) is 0. The molecule has 2 heteroatoms. The van der Waals surface area contributed by atoms with E-state index in [9.17, 15) is 0 Å². The summed E-state index contributed by atoms with van der Waals surface area (Å²) in [6.45, 7) is 3.94. The summed E-state index contributed by atoms with van der Waals surface area (Å²) in [7, 11) is 0. The van der Waals surface area contributed by atoms with E-state index in [4.69, 9.17) is 11.6 Å². The highest BCUT2D eigenvalue weighted by Gasteiger charge is 1.93. The fourth-order valence-corrected chi connectivity index (χ4v) is 0. The largest absolute Gasteiger partial charge is 0.0834 e. The molecule has 0 spiro atoms. The van der Waals surface area contributed by atoms with Crippen LogP contribution < -0.4 is 0 Å². The Morgan fingerprint density at radius 2 is 1.83 bits per heavy atom. The Balaban J connectivity index is 3.26. The SMILES string of the molecule is CC(C)C(=S)Cl. The maximum Gasteiger partial charge on any atom is 0.0834 e. The molecule has 0 bridgehead atoms. The highest BCUT2D eigenvalue weighted by atomic mass is 35.5. The van der Waals surface area contributed by atoms with Crippen LogP contribution in [0.3, 0.4) is 0 Å². The predicted octanol–water partition coefficient (Wildman–Crippen LogP) is 2.21. The van der Waals surface area contributed by atoms with E-state index >= 15 is 0 Å². The van der Waals surface area contributed by atoms with Crippen LogP contribution in [0.25, 0.3) is 0 Å². The lowest BCUT2D eigenvalue weighted by atomic mass is 10.3. The van der Waals surface area contributed by atoms with Gasteiger partial charge in [0, 0.05) is 0 Å². The summed E-state index contributed by atoms with van der Waals surface area (Å²) >= 11 is 9.93. The molecule has 0 unspecified atom stereocenters. The molecule has 0 aromatic carbocycles. The van der Waals surface area contributed by atoms with Crippen molar-refractivity contribution in [2.75, 3.05) is 0 Å². The van der Waals surface area contributed by atoms with Crippen LogP contribution in [0.1, 0.15) is 13.8 Å². The van der Waals surface area contributed by atoms with Crippen molar-refractivity contribution >= 4 is 28.1 Å². The van der Waals surface area contributed by atoms with Crippen molar-refractivity contribution < 1.29 is 0 Å². The number of hydrogen-bond donors (Lipinski definition) is 0. The number of hydrogen-bond acceptors (Lipinski definition) is 1. The van der Waals surface area contributed by atoms with Crippen molar-refractivity contribution in [3.8, 4) is 0 Å². The second-order valence-electron chi connectivity index (χ2n) is 1.46. The van der Waals surface area contributed by atoms with Crippen LogP contribution in [-0.2, 0) is 0 Å². The predicted molar refractivity (Wildman–Crippen MR) is 33.3 cm³/mol. The zero-order valence-electron chi connectivity index (χ0n) is 3.86. The normalized spacial score (nSPS) is 9.33. The molecule has 0 rings (SSSR count). The molecule has 0 atom stereocenters.